The Balaban J connectivity index is 1.96. The molecule has 1 aromatic heterocycles. The lowest BCUT2D eigenvalue weighted by molar-refractivity contribution is -0.121. The number of aromatic nitrogens is 2. The average Bonchev–Trinajstić information content (AvgIpc) is 3.15. The molecule has 172 valence electrons. The quantitative estimate of drug-likeness (QED) is 0.202. The second kappa shape index (κ2) is 15.2. The SMILES string of the molecule is NCCCCCCCC(=O)NCCCCCCCC(=O)Nc1nnc(S(N)(=O)=O)s1. The summed E-state index contributed by atoms with van der Waals surface area (Å²) in [5.74, 6) is -0.116. The van der Waals surface area contributed by atoms with E-state index in [2.05, 4.69) is 20.8 Å². The first-order chi connectivity index (χ1) is 14.3. The van der Waals surface area contributed by atoms with Gasteiger partial charge >= 0.3 is 0 Å². The van der Waals surface area contributed by atoms with Crippen LogP contribution in [0.25, 0.3) is 0 Å². The van der Waals surface area contributed by atoms with Gasteiger partial charge < -0.3 is 16.4 Å². The largest absolute Gasteiger partial charge is 0.356 e. The Morgan fingerprint density at radius 3 is 2.00 bits per heavy atom. The third-order valence-electron chi connectivity index (χ3n) is 4.41. The number of sulfonamides is 1. The third kappa shape index (κ3) is 12.8. The number of primary sulfonamides is 1. The lowest BCUT2D eigenvalue weighted by Crippen LogP contribution is -2.23. The Bertz CT molecular complexity index is 739. The Labute approximate surface area is 182 Å². The summed E-state index contributed by atoms with van der Waals surface area (Å²) >= 11 is 0.726. The summed E-state index contributed by atoms with van der Waals surface area (Å²) in [5.41, 5.74) is 5.45. The van der Waals surface area contributed by atoms with E-state index in [1.54, 1.807) is 0 Å². The zero-order chi connectivity index (χ0) is 22.2. The van der Waals surface area contributed by atoms with Gasteiger partial charge in [0.25, 0.3) is 10.0 Å². The van der Waals surface area contributed by atoms with E-state index in [0.717, 1.165) is 82.1 Å². The molecule has 0 atom stereocenters. The Hall–Kier alpha value is -1.63. The van der Waals surface area contributed by atoms with Gasteiger partial charge in [0.05, 0.1) is 0 Å². The maximum atomic E-state index is 11.8. The third-order valence-corrected chi connectivity index (χ3v) is 6.56. The van der Waals surface area contributed by atoms with E-state index in [9.17, 15) is 18.0 Å². The first-order valence-corrected chi connectivity index (χ1v) is 12.8. The van der Waals surface area contributed by atoms with E-state index in [-0.39, 0.29) is 21.3 Å². The van der Waals surface area contributed by atoms with Crippen molar-refractivity contribution >= 4 is 38.3 Å². The van der Waals surface area contributed by atoms with E-state index in [4.69, 9.17) is 10.9 Å². The number of anilines is 1. The normalized spacial score (nSPS) is 11.4. The van der Waals surface area contributed by atoms with Crippen molar-refractivity contribution in [2.75, 3.05) is 18.4 Å². The molecule has 0 unspecified atom stereocenters. The highest BCUT2D eigenvalue weighted by Crippen LogP contribution is 2.18. The monoisotopic (exact) mass is 462 g/mol. The molecule has 0 aromatic carbocycles. The van der Waals surface area contributed by atoms with Crippen molar-refractivity contribution < 1.29 is 18.0 Å². The fraction of sp³-hybridized carbons (Fsp3) is 0.778. The minimum atomic E-state index is -3.90. The van der Waals surface area contributed by atoms with Crippen LogP contribution >= 0.6 is 11.3 Å². The number of hydrogen-bond acceptors (Lipinski definition) is 8. The molecule has 1 rings (SSSR count). The van der Waals surface area contributed by atoms with E-state index in [1.165, 1.54) is 0 Å². The molecule has 0 bridgehead atoms. The van der Waals surface area contributed by atoms with Gasteiger partial charge in [-0.25, -0.2) is 13.6 Å². The number of carbonyl (C=O) groups excluding carboxylic acids is 2. The van der Waals surface area contributed by atoms with E-state index in [1.807, 2.05) is 0 Å². The van der Waals surface area contributed by atoms with Crippen LogP contribution in [-0.2, 0) is 19.6 Å². The summed E-state index contributed by atoms with van der Waals surface area (Å²) in [4.78, 5) is 23.6. The molecule has 0 saturated heterocycles. The maximum Gasteiger partial charge on any atom is 0.267 e. The average molecular weight is 463 g/mol. The molecule has 12 heteroatoms. The van der Waals surface area contributed by atoms with Crippen LogP contribution in [-0.4, -0.2) is 43.5 Å². The van der Waals surface area contributed by atoms with Gasteiger partial charge in [-0.2, -0.15) is 0 Å². The standard InChI is InChI=1S/C18H34N6O4S2/c19-13-9-5-1-3-7-11-15(25)21-14-10-6-2-4-8-12-16(26)22-17-23-24-18(29-17)30(20,27)28/h1-14,19H2,(H,21,25)(H2,20,27,28)(H,22,23,26). The lowest BCUT2D eigenvalue weighted by atomic mass is 10.1. The fourth-order valence-electron chi connectivity index (χ4n) is 2.77. The van der Waals surface area contributed by atoms with Gasteiger partial charge in [-0.05, 0) is 32.2 Å². The summed E-state index contributed by atoms with van der Waals surface area (Å²) in [6, 6.07) is 0. The number of nitrogens with one attached hydrogen (secondary N) is 2. The summed E-state index contributed by atoms with van der Waals surface area (Å²) in [5, 5.41) is 17.6. The van der Waals surface area contributed by atoms with Gasteiger partial charge in [0, 0.05) is 19.4 Å². The van der Waals surface area contributed by atoms with Crippen LogP contribution in [0.1, 0.15) is 77.0 Å². The van der Waals surface area contributed by atoms with Crippen LogP contribution in [0, 0.1) is 0 Å². The maximum absolute atomic E-state index is 11.8. The molecule has 6 N–H and O–H groups in total. The zero-order valence-corrected chi connectivity index (χ0v) is 19.0. The van der Waals surface area contributed by atoms with Gasteiger partial charge in [-0.1, -0.05) is 49.9 Å². The lowest BCUT2D eigenvalue weighted by Gasteiger charge is -2.05. The predicted molar refractivity (Wildman–Crippen MR) is 117 cm³/mol. The second-order valence-electron chi connectivity index (χ2n) is 7.14. The number of amides is 2. The van der Waals surface area contributed by atoms with Crippen molar-refractivity contribution in [2.24, 2.45) is 10.9 Å². The Kier molecular flexibility index (Phi) is 13.4. The topological polar surface area (TPSA) is 170 Å². The smallest absolute Gasteiger partial charge is 0.267 e. The highest BCUT2D eigenvalue weighted by molar-refractivity contribution is 7.91. The van der Waals surface area contributed by atoms with Crippen LogP contribution in [0.5, 0.6) is 0 Å². The molecular formula is C18H34N6O4S2. The minimum Gasteiger partial charge on any atom is -0.356 e. The first-order valence-electron chi connectivity index (χ1n) is 10.5. The predicted octanol–water partition coefficient (Wildman–Crippen LogP) is 1.88. The molecule has 0 spiro atoms. The van der Waals surface area contributed by atoms with Crippen molar-refractivity contribution in [1.29, 1.82) is 0 Å². The van der Waals surface area contributed by atoms with Crippen molar-refractivity contribution in [2.45, 2.75) is 81.4 Å². The van der Waals surface area contributed by atoms with Gasteiger partial charge in [-0.15, -0.1) is 10.2 Å². The molecule has 0 aliphatic carbocycles. The van der Waals surface area contributed by atoms with Crippen LogP contribution in [0.2, 0.25) is 0 Å². The summed E-state index contributed by atoms with van der Waals surface area (Å²) < 4.78 is 21.9. The highest BCUT2D eigenvalue weighted by atomic mass is 32.2. The van der Waals surface area contributed by atoms with Crippen LogP contribution in [0.15, 0.2) is 4.34 Å². The molecule has 0 aliphatic rings. The molecule has 0 aliphatic heterocycles. The number of hydrogen-bond donors (Lipinski definition) is 4. The highest BCUT2D eigenvalue weighted by Gasteiger charge is 2.16. The summed E-state index contributed by atoms with van der Waals surface area (Å²) in [6.45, 7) is 1.43. The van der Waals surface area contributed by atoms with Crippen molar-refractivity contribution in [3.63, 3.8) is 0 Å². The summed E-state index contributed by atoms with van der Waals surface area (Å²) in [7, 11) is -3.90. The molecule has 2 amide bonds. The minimum absolute atomic E-state index is 0.118. The van der Waals surface area contributed by atoms with E-state index in [0.29, 0.717) is 19.4 Å². The zero-order valence-electron chi connectivity index (χ0n) is 17.4. The number of carbonyl (C=O) groups is 2. The van der Waals surface area contributed by atoms with Gasteiger partial charge in [0.1, 0.15) is 0 Å². The van der Waals surface area contributed by atoms with E-state index >= 15 is 0 Å². The molecule has 1 heterocycles. The molecule has 0 radical (unpaired) electrons. The molecular weight excluding hydrogens is 428 g/mol. The number of rotatable bonds is 17. The number of unbranched alkanes of at least 4 members (excludes halogenated alkanes) is 8. The molecule has 30 heavy (non-hydrogen) atoms. The molecule has 1 aromatic rings. The van der Waals surface area contributed by atoms with Crippen LogP contribution in [0.4, 0.5) is 5.13 Å². The fourth-order valence-corrected chi connectivity index (χ4v) is 4.12. The van der Waals surface area contributed by atoms with Crippen molar-refractivity contribution in [3.05, 3.63) is 0 Å². The van der Waals surface area contributed by atoms with Crippen LogP contribution in [0.3, 0.4) is 0 Å². The van der Waals surface area contributed by atoms with Gasteiger partial charge in [0.2, 0.25) is 21.3 Å². The molecule has 0 saturated carbocycles. The van der Waals surface area contributed by atoms with Crippen LogP contribution < -0.4 is 21.5 Å². The Morgan fingerprint density at radius 1 is 0.833 bits per heavy atom. The summed E-state index contributed by atoms with van der Waals surface area (Å²) in [6.07, 6.45) is 10.8. The molecule has 0 fully saturated rings. The Morgan fingerprint density at radius 2 is 1.40 bits per heavy atom. The second-order valence-corrected chi connectivity index (χ2v) is 9.85. The van der Waals surface area contributed by atoms with E-state index < -0.39 is 10.0 Å². The van der Waals surface area contributed by atoms with Crippen molar-refractivity contribution in [3.8, 4) is 0 Å². The number of nitrogens with zero attached hydrogens (tertiary/aromatic N) is 2. The number of nitrogens with two attached hydrogens (primary N) is 2. The first kappa shape index (κ1) is 26.4. The van der Waals surface area contributed by atoms with Crippen molar-refractivity contribution in [1.82, 2.24) is 15.5 Å². The molecule has 10 nitrogen and oxygen atoms in total. The van der Waals surface area contributed by atoms with Gasteiger partial charge in [-0.3, -0.25) is 9.59 Å². The van der Waals surface area contributed by atoms with Gasteiger partial charge in [0.15, 0.2) is 0 Å².